The lowest BCUT2D eigenvalue weighted by Crippen LogP contribution is -2.32. The summed E-state index contributed by atoms with van der Waals surface area (Å²) in [7, 11) is 0. The van der Waals surface area contributed by atoms with Gasteiger partial charge in [-0.2, -0.15) is 0 Å². The summed E-state index contributed by atoms with van der Waals surface area (Å²) in [5.41, 5.74) is 10.4. The number of guanidine groups is 1. The molecule has 0 spiro atoms. The summed E-state index contributed by atoms with van der Waals surface area (Å²) in [5, 5.41) is 5.87. The van der Waals surface area contributed by atoms with Crippen molar-refractivity contribution in [3.8, 4) is 0 Å². The van der Waals surface area contributed by atoms with Crippen molar-refractivity contribution in [2.75, 3.05) is 13.1 Å². The highest BCUT2D eigenvalue weighted by atomic mass is 35.5. The fourth-order valence-electron chi connectivity index (χ4n) is 1.14. The summed E-state index contributed by atoms with van der Waals surface area (Å²) in [6, 6.07) is 0. The standard InChI is InChI=1S/C6H14N4.ClH/c7-6(8)9-10-4-2-1-3-5-10;/h1-5H2,(H4,7,8,9);1H. The zero-order valence-electron chi connectivity index (χ0n) is 6.49. The smallest absolute Gasteiger partial charge is 0.208 e. The molecule has 0 aromatic carbocycles. The van der Waals surface area contributed by atoms with Gasteiger partial charge in [-0.25, -0.2) is 0 Å². The maximum atomic E-state index is 5.21. The van der Waals surface area contributed by atoms with Gasteiger partial charge in [-0.05, 0) is 19.3 Å². The highest BCUT2D eigenvalue weighted by Gasteiger charge is 2.06. The van der Waals surface area contributed by atoms with E-state index in [0.29, 0.717) is 0 Å². The largest absolute Gasteiger partial charge is 0.369 e. The predicted octanol–water partition coefficient (Wildman–Crippen LogP) is 0.0825. The average molecular weight is 179 g/mol. The molecule has 0 aromatic rings. The van der Waals surface area contributed by atoms with E-state index in [1.54, 1.807) is 0 Å². The number of hydrazone groups is 1. The molecule has 5 heteroatoms. The molecule has 4 nitrogen and oxygen atoms in total. The summed E-state index contributed by atoms with van der Waals surface area (Å²) in [4.78, 5) is 0. The number of nitrogens with two attached hydrogens (primary N) is 2. The Morgan fingerprint density at radius 1 is 1.09 bits per heavy atom. The molecule has 0 aliphatic carbocycles. The van der Waals surface area contributed by atoms with Gasteiger partial charge in [0.2, 0.25) is 5.96 Å². The van der Waals surface area contributed by atoms with Gasteiger partial charge in [0.25, 0.3) is 0 Å². The Morgan fingerprint density at radius 2 is 1.64 bits per heavy atom. The molecule has 0 amide bonds. The van der Waals surface area contributed by atoms with Crippen LogP contribution < -0.4 is 11.5 Å². The van der Waals surface area contributed by atoms with Crippen LogP contribution in [0.4, 0.5) is 0 Å². The third-order valence-corrected chi connectivity index (χ3v) is 1.59. The molecule has 1 rings (SSSR count). The van der Waals surface area contributed by atoms with Crippen molar-refractivity contribution in [3.63, 3.8) is 0 Å². The number of hydrogen-bond donors (Lipinski definition) is 2. The monoisotopic (exact) mass is 178 g/mol. The summed E-state index contributed by atoms with van der Waals surface area (Å²) in [6.07, 6.45) is 3.71. The van der Waals surface area contributed by atoms with Crippen molar-refractivity contribution in [1.82, 2.24) is 5.01 Å². The minimum absolute atomic E-state index is 0. The molecule has 1 fully saturated rings. The zero-order valence-corrected chi connectivity index (χ0v) is 7.31. The highest BCUT2D eigenvalue weighted by Crippen LogP contribution is 2.07. The van der Waals surface area contributed by atoms with Gasteiger partial charge in [-0.15, -0.1) is 17.5 Å². The molecule has 1 aliphatic heterocycles. The molecule has 0 unspecified atom stereocenters. The maximum absolute atomic E-state index is 5.21. The van der Waals surface area contributed by atoms with Crippen LogP contribution in [0.25, 0.3) is 0 Å². The van der Waals surface area contributed by atoms with E-state index in [1.165, 1.54) is 19.3 Å². The van der Waals surface area contributed by atoms with Crippen LogP contribution in [0.15, 0.2) is 5.10 Å². The van der Waals surface area contributed by atoms with Crippen molar-refractivity contribution >= 4 is 18.4 Å². The first-order valence-corrected chi connectivity index (χ1v) is 3.63. The van der Waals surface area contributed by atoms with Crippen LogP contribution in [0.2, 0.25) is 0 Å². The Bertz CT molecular complexity index is 127. The van der Waals surface area contributed by atoms with E-state index in [9.17, 15) is 0 Å². The minimum Gasteiger partial charge on any atom is -0.369 e. The maximum Gasteiger partial charge on any atom is 0.208 e. The third-order valence-electron chi connectivity index (χ3n) is 1.59. The van der Waals surface area contributed by atoms with Crippen molar-refractivity contribution in [1.29, 1.82) is 0 Å². The van der Waals surface area contributed by atoms with E-state index in [-0.39, 0.29) is 18.4 Å². The van der Waals surface area contributed by atoms with Gasteiger partial charge in [-0.1, -0.05) is 0 Å². The molecule has 0 radical (unpaired) electrons. The molecular formula is C6H15ClN4. The Balaban J connectivity index is 0.000001000. The van der Waals surface area contributed by atoms with Gasteiger partial charge in [0.15, 0.2) is 0 Å². The van der Waals surface area contributed by atoms with Crippen LogP contribution in [0.1, 0.15) is 19.3 Å². The van der Waals surface area contributed by atoms with Crippen LogP contribution in [0, 0.1) is 0 Å². The Labute approximate surface area is 73.0 Å². The van der Waals surface area contributed by atoms with Crippen molar-refractivity contribution in [2.24, 2.45) is 16.6 Å². The first-order chi connectivity index (χ1) is 4.79. The quantitative estimate of drug-likeness (QED) is 0.442. The molecular weight excluding hydrogens is 164 g/mol. The lowest BCUT2D eigenvalue weighted by Gasteiger charge is -2.23. The van der Waals surface area contributed by atoms with Gasteiger partial charge < -0.3 is 11.5 Å². The fraction of sp³-hybridized carbons (Fsp3) is 0.833. The first-order valence-electron chi connectivity index (χ1n) is 3.63. The molecule has 1 heterocycles. The molecule has 1 aliphatic rings. The predicted molar refractivity (Wildman–Crippen MR) is 48.5 cm³/mol. The molecule has 0 saturated carbocycles. The molecule has 0 atom stereocenters. The van der Waals surface area contributed by atoms with E-state index >= 15 is 0 Å². The normalized spacial score (nSPS) is 16.9. The molecule has 4 N–H and O–H groups in total. The second-order valence-electron chi connectivity index (χ2n) is 2.54. The highest BCUT2D eigenvalue weighted by molar-refractivity contribution is 5.85. The van der Waals surface area contributed by atoms with E-state index in [1.807, 2.05) is 5.01 Å². The van der Waals surface area contributed by atoms with Crippen LogP contribution in [-0.4, -0.2) is 24.1 Å². The third kappa shape index (κ3) is 3.93. The summed E-state index contributed by atoms with van der Waals surface area (Å²) >= 11 is 0. The number of hydrogen-bond acceptors (Lipinski definition) is 2. The van der Waals surface area contributed by atoms with Crippen molar-refractivity contribution in [3.05, 3.63) is 0 Å². The Morgan fingerprint density at radius 3 is 2.09 bits per heavy atom. The van der Waals surface area contributed by atoms with Gasteiger partial charge in [0.05, 0.1) is 0 Å². The van der Waals surface area contributed by atoms with Gasteiger partial charge in [-0.3, -0.25) is 5.01 Å². The molecule has 11 heavy (non-hydrogen) atoms. The van der Waals surface area contributed by atoms with E-state index in [2.05, 4.69) is 5.10 Å². The average Bonchev–Trinajstić information content (AvgIpc) is 1.88. The number of halogens is 1. The Hall–Kier alpha value is -0.640. The summed E-state index contributed by atoms with van der Waals surface area (Å²) in [5.74, 6) is 0.168. The first kappa shape index (κ1) is 10.4. The van der Waals surface area contributed by atoms with E-state index in [0.717, 1.165) is 13.1 Å². The second-order valence-corrected chi connectivity index (χ2v) is 2.54. The molecule has 0 aromatic heterocycles. The van der Waals surface area contributed by atoms with Gasteiger partial charge in [0, 0.05) is 13.1 Å². The molecule has 0 bridgehead atoms. The van der Waals surface area contributed by atoms with E-state index in [4.69, 9.17) is 11.5 Å². The van der Waals surface area contributed by atoms with Crippen LogP contribution >= 0.6 is 12.4 Å². The van der Waals surface area contributed by atoms with Gasteiger partial charge in [0.1, 0.15) is 0 Å². The number of nitrogens with zero attached hydrogens (tertiary/aromatic N) is 2. The van der Waals surface area contributed by atoms with Crippen LogP contribution in [0.5, 0.6) is 0 Å². The fourth-order valence-corrected chi connectivity index (χ4v) is 1.14. The van der Waals surface area contributed by atoms with Crippen molar-refractivity contribution in [2.45, 2.75) is 19.3 Å². The zero-order chi connectivity index (χ0) is 7.40. The lowest BCUT2D eigenvalue weighted by atomic mass is 10.2. The Kier molecular flexibility index (Phi) is 4.77. The van der Waals surface area contributed by atoms with Crippen LogP contribution in [-0.2, 0) is 0 Å². The van der Waals surface area contributed by atoms with E-state index < -0.39 is 0 Å². The van der Waals surface area contributed by atoms with Crippen molar-refractivity contribution < 1.29 is 0 Å². The topological polar surface area (TPSA) is 67.6 Å². The second kappa shape index (κ2) is 5.07. The minimum atomic E-state index is 0. The molecule has 66 valence electrons. The number of piperidine rings is 1. The summed E-state index contributed by atoms with van der Waals surface area (Å²) < 4.78 is 0. The van der Waals surface area contributed by atoms with Crippen LogP contribution in [0.3, 0.4) is 0 Å². The SMILES string of the molecule is Cl.NC(N)=NN1CCCCC1. The number of rotatable bonds is 1. The lowest BCUT2D eigenvalue weighted by molar-refractivity contribution is 0.238. The van der Waals surface area contributed by atoms with Gasteiger partial charge >= 0.3 is 0 Å². The molecule has 1 saturated heterocycles. The summed E-state index contributed by atoms with van der Waals surface area (Å²) in [6.45, 7) is 2.00.